The second-order valence-corrected chi connectivity index (χ2v) is 2.72. The number of hydrogen-bond acceptors (Lipinski definition) is 0. The zero-order chi connectivity index (χ0) is 5.28. The molecule has 0 aromatic carbocycles. The van der Waals surface area contributed by atoms with Gasteiger partial charge >= 0.3 is 0 Å². The van der Waals surface area contributed by atoms with Crippen LogP contribution < -0.4 is 0 Å². The molecule has 0 aromatic rings. The van der Waals surface area contributed by atoms with E-state index in [9.17, 15) is 0 Å². The average Bonchev–Trinajstić information content (AvgIpc) is 1.87. The Morgan fingerprint density at radius 2 is 1.57 bits per heavy atom. The zero-order valence-corrected chi connectivity index (χ0v) is 5.15. The van der Waals surface area contributed by atoms with Crippen LogP contribution in [-0.2, 0) is 0 Å². The molecule has 41 valence electrons. The first-order valence-corrected chi connectivity index (χ1v) is 3.14. The maximum absolute atomic E-state index is 2.44. The lowest BCUT2D eigenvalue weighted by Gasteiger charge is -1.95. The molecule has 0 heteroatoms. The fraction of sp³-hybridized carbons (Fsp3) is 0.857. The van der Waals surface area contributed by atoms with Gasteiger partial charge in [-0.25, -0.2) is 0 Å². The molecule has 0 bridgehead atoms. The van der Waals surface area contributed by atoms with E-state index >= 15 is 0 Å². The molecule has 0 amide bonds. The molecule has 1 aliphatic carbocycles. The van der Waals surface area contributed by atoms with Crippen LogP contribution in [0, 0.1) is 18.3 Å². The standard InChI is InChI=1S/C7H13/c1-6-3-4-7(2)5-6/h5-7H,3-4H2,1-2H3/t6-,7+. The van der Waals surface area contributed by atoms with Gasteiger partial charge in [0.15, 0.2) is 0 Å². The normalized spacial score (nSPS) is 42.0. The van der Waals surface area contributed by atoms with Crippen LogP contribution in [0.4, 0.5) is 0 Å². The summed E-state index contributed by atoms with van der Waals surface area (Å²) in [5, 5.41) is 0. The monoisotopic (exact) mass is 97.1 g/mol. The summed E-state index contributed by atoms with van der Waals surface area (Å²) in [5.41, 5.74) is 0. The van der Waals surface area contributed by atoms with Crippen LogP contribution in [0.15, 0.2) is 0 Å². The second-order valence-electron chi connectivity index (χ2n) is 2.72. The molecule has 2 atom stereocenters. The molecule has 0 N–H and O–H groups in total. The van der Waals surface area contributed by atoms with E-state index in [0.29, 0.717) is 0 Å². The van der Waals surface area contributed by atoms with Crippen molar-refractivity contribution in [2.24, 2.45) is 11.8 Å². The summed E-state index contributed by atoms with van der Waals surface area (Å²) in [6.45, 7) is 4.59. The van der Waals surface area contributed by atoms with Crippen LogP contribution in [-0.4, -0.2) is 0 Å². The summed E-state index contributed by atoms with van der Waals surface area (Å²) in [7, 11) is 0. The molecule has 0 aliphatic heterocycles. The van der Waals surface area contributed by atoms with Gasteiger partial charge in [0.25, 0.3) is 0 Å². The lowest BCUT2D eigenvalue weighted by Crippen LogP contribution is -1.86. The predicted molar refractivity (Wildman–Crippen MR) is 31.9 cm³/mol. The molecule has 0 nitrogen and oxygen atoms in total. The topological polar surface area (TPSA) is 0 Å². The van der Waals surface area contributed by atoms with Crippen molar-refractivity contribution < 1.29 is 0 Å². The third-order valence-corrected chi connectivity index (χ3v) is 1.73. The maximum Gasteiger partial charge on any atom is -0.0329 e. The molecular formula is C7H13. The highest BCUT2D eigenvalue weighted by Gasteiger charge is 2.16. The van der Waals surface area contributed by atoms with E-state index in [1.54, 1.807) is 0 Å². The molecule has 0 aromatic heterocycles. The minimum absolute atomic E-state index is 0.898. The van der Waals surface area contributed by atoms with Crippen molar-refractivity contribution in [2.75, 3.05) is 0 Å². The summed E-state index contributed by atoms with van der Waals surface area (Å²) >= 11 is 0. The highest BCUT2D eigenvalue weighted by Crippen LogP contribution is 2.27. The van der Waals surface area contributed by atoms with Crippen molar-refractivity contribution in [3.8, 4) is 0 Å². The largest absolute Gasteiger partial charge is 0.0622 e. The summed E-state index contributed by atoms with van der Waals surface area (Å²) < 4.78 is 0. The Hall–Kier alpha value is 0. The van der Waals surface area contributed by atoms with Gasteiger partial charge in [-0.15, -0.1) is 0 Å². The molecule has 1 rings (SSSR count). The fourth-order valence-corrected chi connectivity index (χ4v) is 1.28. The van der Waals surface area contributed by atoms with Crippen molar-refractivity contribution in [2.45, 2.75) is 26.7 Å². The Labute approximate surface area is 45.9 Å². The molecule has 0 heterocycles. The van der Waals surface area contributed by atoms with Gasteiger partial charge in [0.2, 0.25) is 0 Å². The van der Waals surface area contributed by atoms with E-state index in [2.05, 4.69) is 20.3 Å². The molecule has 1 saturated carbocycles. The highest BCUT2D eigenvalue weighted by atomic mass is 14.2. The summed E-state index contributed by atoms with van der Waals surface area (Å²) in [4.78, 5) is 0. The van der Waals surface area contributed by atoms with Crippen molar-refractivity contribution in [3.05, 3.63) is 6.42 Å². The van der Waals surface area contributed by atoms with Crippen molar-refractivity contribution >= 4 is 0 Å². The molecular weight excluding hydrogens is 84.1 g/mol. The number of rotatable bonds is 0. The molecule has 7 heavy (non-hydrogen) atoms. The Bertz CT molecular complexity index is 49.1. The van der Waals surface area contributed by atoms with E-state index < -0.39 is 0 Å². The van der Waals surface area contributed by atoms with Gasteiger partial charge in [0, 0.05) is 0 Å². The first-order valence-electron chi connectivity index (χ1n) is 3.14. The third-order valence-electron chi connectivity index (χ3n) is 1.73. The minimum atomic E-state index is 0.898. The van der Waals surface area contributed by atoms with Crippen LogP contribution in [0.1, 0.15) is 26.7 Å². The summed E-state index contributed by atoms with van der Waals surface area (Å²) in [5.74, 6) is 1.80. The van der Waals surface area contributed by atoms with Gasteiger partial charge in [0.05, 0.1) is 0 Å². The van der Waals surface area contributed by atoms with Gasteiger partial charge in [-0.1, -0.05) is 26.7 Å². The average molecular weight is 97.2 g/mol. The first-order chi connectivity index (χ1) is 3.29. The highest BCUT2D eigenvalue weighted by molar-refractivity contribution is 4.85. The van der Waals surface area contributed by atoms with Crippen molar-refractivity contribution in [3.63, 3.8) is 0 Å². The van der Waals surface area contributed by atoms with Crippen LogP contribution >= 0.6 is 0 Å². The van der Waals surface area contributed by atoms with Gasteiger partial charge < -0.3 is 0 Å². The number of hydrogen-bond donors (Lipinski definition) is 0. The smallest absolute Gasteiger partial charge is 0.0329 e. The molecule has 0 unspecified atom stereocenters. The summed E-state index contributed by atoms with van der Waals surface area (Å²) in [6, 6.07) is 0. The van der Waals surface area contributed by atoms with Crippen LogP contribution in [0.2, 0.25) is 0 Å². The molecule has 0 saturated heterocycles. The molecule has 1 radical (unpaired) electrons. The predicted octanol–water partition coefficient (Wildman–Crippen LogP) is 2.26. The lowest BCUT2D eigenvalue weighted by atomic mass is 10.1. The van der Waals surface area contributed by atoms with Gasteiger partial charge in [-0.2, -0.15) is 0 Å². The Balaban J connectivity index is 2.26. The summed E-state index contributed by atoms with van der Waals surface area (Å²) in [6.07, 6.45) is 5.28. The van der Waals surface area contributed by atoms with Crippen molar-refractivity contribution in [1.29, 1.82) is 0 Å². The SMILES string of the molecule is C[C@@H]1[CH][C@H](C)CC1. The van der Waals surface area contributed by atoms with Gasteiger partial charge in [-0.3, -0.25) is 0 Å². The van der Waals surface area contributed by atoms with Gasteiger partial charge in [-0.05, 0) is 18.3 Å². The molecule has 1 aliphatic rings. The molecule has 1 fully saturated rings. The van der Waals surface area contributed by atoms with E-state index in [4.69, 9.17) is 0 Å². The quantitative estimate of drug-likeness (QED) is 0.435. The zero-order valence-electron chi connectivity index (χ0n) is 5.15. The van der Waals surface area contributed by atoms with Crippen LogP contribution in [0.25, 0.3) is 0 Å². The third kappa shape index (κ3) is 1.19. The maximum atomic E-state index is 2.44. The van der Waals surface area contributed by atoms with Crippen molar-refractivity contribution in [1.82, 2.24) is 0 Å². The second kappa shape index (κ2) is 1.85. The first kappa shape index (κ1) is 5.14. The van der Waals surface area contributed by atoms with Gasteiger partial charge in [0.1, 0.15) is 0 Å². The Morgan fingerprint density at radius 3 is 1.71 bits per heavy atom. The van der Waals surface area contributed by atoms with Crippen LogP contribution in [0.3, 0.4) is 0 Å². The van der Waals surface area contributed by atoms with E-state index in [1.807, 2.05) is 0 Å². The van der Waals surface area contributed by atoms with Crippen LogP contribution in [0.5, 0.6) is 0 Å². The lowest BCUT2D eigenvalue weighted by molar-refractivity contribution is 0.677. The Morgan fingerprint density at radius 1 is 1.14 bits per heavy atom. The molecule has 0 spiro atoms. The van der Waals surface area contributed by atoms with E-state index in [1.165, 1.54) is 12.8 Å². The minimum Gasteiger partial charge on any atom is -0.0622 e. The van der Waals surface area contributed by atoms with E-state index in [0.717, 1.165) is 11.8 Å². The van der Waals surface area contributed by atoms with E-state index in [-0.39, 0.29) is 0 Å². The Kier molecular flexibility index (Phi) is 1.36. The fourth-order valence-electron chi connectivity index (χ4n) is 1.28.